The summed E-state index contributed by atoms with van der Waals surface area (Å²) in [6.07, 6.45) is 9.02. The third-order valence-corrected chi connectivity index (χ3v) is 7.23. The minimum absolute atomic E-state index is 0.204. The Balaban J connectivity index is 1.69. The highest BCUT2D eigenvalue weighted by molar-refractivity contribution is 6.33. The lowest BCUT2D eigenvalue weighted by molar-refractivity contribution is 0.0308. The molecular weight excluding hydrogens is 334 g/mol. The van der Waals surface area contributed by atoms with E-state index < -0.39 is 0 Å². The first-order valence-electron chi connectivity index (χ1n) is 9.26. The molecule has 5 rings (SSSR count). The fraction of sp³-hybridized carbons (Fsp3) is 0.600. The molecule has 1 aromatic carbocycles. The summed E-state index contributed by atoms with van der Waals surface area (Å²) in [5.41, 5.74) is 1.72. The number of fused-ring (bicyclic) bond motifs is 3. The van der Waals surface area contributed by atoms with Crippen molar-refractivity contribution in [2.45, 2.75) is 57.3 Å². The molecular formula is C20H26ClN3O. The second kappa shape index (κ2) is 6.01. The molecule has 25 heavy (non-hydrogen) atoms. The van der Waals surface area contributed by atoms with Crippen molar-refractivity contribution in [2.24, 2.45) is 12.5 Å². The molecule has 2 aromatic rings. The number of benzene rings is 1. The zero-order valence-corrected chi connectivity index (χ0v) is 16.1. The smallest absolute Gasteiger partial charge is 0.165 e. The number of ether oxygens (including phenoxy) is 1. The molecule has 0 radical (unpaired) electrons. The molecule has 0 N–H and O–H groups in total. The Morgan fingerprint density at radius 1 is 1.12 bits per heavy atom. The molecule has 0 saturated heterocycles. The minimum Gasteiger partial charge on any atom is -0.497 e. The highest BCUT2D eigenvalue weighted by Crippen LogP contribution is 2.58. The molecule has 0 aliphatic heterocycles. The summed E-state index contributed by atoms with van der Waals surface area (Å²) in [6, 6.07) is 5.72. The summed E-state index contributed by atoms with van der Waals surface area (Å²) < 4.78 is 7.41. The molecule has 2 bridgehead atoms. The predicted molar refractivity (Wildman–Crippen MR) is 100 cm³/mol. The highest BCUT2D eigenvalue weighted by Gasteiger charge is 2.50. The lowest BCUT2D eigenvalue weighted by Crippen LogP contribution is -2.45. The van der Waals surface area contributed by atoms with Gasteiger partial charge in [0.05, 0.1) is 12.1 Å². The lowest BCUT2D eigenvalue weighted by atomic mass is 9.52. The quantitative estimate of drug-likeness (QED) is 0.758. The normalized spacial score (nSPS) is 28.3. The van der Waals surface area contributed by atoms with Crippen molar-refractivity contribution in [3.63, 3.8) is 0 Å². The molecule has 1 aromatic heterocycles. The molecule has 134 valence electrons. The van der Waals surface area contributed by atoms with E-state index >= 15 is 0 Å². The summed E-state index contributed by atoms with van der Waals surface area (Å²) in [4.78, 5) is 0. The van der Waals surface area contributed by atoms with E-state index in [4.69, 9.17) is 16.3 Å². The number of hydrogen-bond donors (Lipinski definition) is 0. The maximum Gasteiger partial charge on any atom is 0.165 e. The Morgan fingerprint density at radius 2 is 1.80 bits per heavy atom. The summed E-state index contributed by atoms with van der Waals surface area (Å²) in [5, 5.41) is 9.80. The zero-order chi connectivity index (χ0) is 17.7. The van der Waals surface area contributed by atoms with Crippen LogP contribution in [0.25, 0.3) is 11.4 Å². The first-order chi connectivity index (χ1) is 12.0. The predicted octanol–water partition coefficient (Wildman–Crippen LogP) is 5.15. The van der Waals surface area contributed by atoms with Gasteiger partial charge in [-0.1, -0.05) is 24.9 Å². The van der Waals surface area contributed by atoms with Gasteiger partial charge in [-0.15, -0.1) is 10.2 Å². The number of nitrogens with zero attached hydrogens (tertiary/aromatic N) is 3. The van der Waals surface area contributed by atoms with Crippen molar-refractivity contribution in [1.29, 1.82) is 0 Å². The molecule has 0 spiro atoms. The third kappa shape index (κ3) is 2.57. The molecule has 1 heterocycles. The van der Waals surface area contributed by atoms with Crippen LogP contribution in [0.1, 0.15) is 57.7 Å². The first kappa shape index (κ1) is 16.9. The fourth-order valence-electron chi connectivity index (χ4n) is 4.96. The number of methoxy groups -OCH3 is 1. The van der Waals surface area contributed by atoms with E-state index in [1.165, 1.54) is 44.9 Å². The molecule has 3 fully saturated rings. The van der Waals surface area contributed by atoms with Crippen molar-refractivity contribution in [1.82, 2.24) is 14.8 Å². The van der Waals surface area contributed by atoms with Gasteiger partial charge in [-0.25, -0.2) is 0 Å². The fourth-order valence-corrected chi connectivity index (χ4v) is 5.21. The van der Waals surface area contributed by atoms with Gasteiger partial charge in [-0.3, -0.25) is 0 Å². The van der Waals surface area contributed by atoms with Crippen LogP contribution in [0.2, 0.25) is 5.02 Å². The van der Waals surface area contributed by atoms with E-state index in [0.717, 1.165) is 23.0 Å². The van der Waals surface area contributed by atoms with E-state index in [1.807, 2.05) is 18.2 Å². The molecule has 3 aliphatic carbocycles. The van der Waals surface area contributed by atoms with Gasteiger partial charge in [0.15, 0.2) is 5.82 Å². The van der Waals surface area contributed by atoms with Gasteiger partial charge in [-0.2, -0.15) is 0 Å². The number of halogens is 1. The van der Waals surface area contributed by atoms with Crippen LogP contribution in [0.4, 0.5) is 0 Å². The Kier molecular flexibility index (Phi) is 4.06. The van der Waals surface area contributed by atoms with E-state index in [9.17, 15) is 0 Å². The average molecular weight is 360 g/mol. The van der Waals surface area contributed by atoms with E-state index in [0.29, 0.717) is 10.4 Å². The second-order valence-corrected chi connectivity index (χ2v) is 8.29. The van der Waals surface area contributed by atoms with Gasteiger partial charge in [0.25, 0.3) is 0 Å². The van der Waals surface area contributed by atoms with Gasteiger partial charge in [0.1, 0.15) is 11.6 Å². The van der Waals surface area contributed by atoms with Gasteiger partial charge < -0.3 is 9.30 Å². The topological polar surface area (TPSA) is 39.9 Å². The van der Waals surface area contributed by atoms with E-state index in [-0.39, 0.29) is 5.41 Å². The SMILES string of the molecule is CCC12CCC(c3nnc(-c4ccc(OC)cc4Cl)n3C)(CC1)CC2. The molecule has 3 aliphatic rings. The van der Waals surface area contributed by atoms with Crippen LogP contribution in [0.15, 0.2) is 18.2 Å². The van der Waals surface area contributed by atoms with Crippen molar-refractivity contribution >= 4 is 11.6 Å². The highest BCUT2D eigenvalue weighted by atomic mass is 35.5. The van der Waals surface area contributed by atoms with Gasteiger partial charge >= 0.3 is 0 Å². The third-order valence-electron chi connectivity index (χ3n) is 6.92. The van der Waals surface area contributed by atoms with Gasteiger partial charge in [0, 0.05) is 18.0 Å². The number of rotatable bonds is 4. The summed E-state index contributed by atoms with van der Waals surface area (Å²) in [6.45, 7) is 2.35. The van der Waals surface area contributed by atoms with Crippen LogP contribution in [0, 0.1) is 5.41 Å². The average Bonchev–Trinajstić information content (AvgIpc) is 3.05. The Labute approximate surface area is 154 Å². The summed E-state index contributed by atoms with van der Waals surface area (Å²) in [7, 11) is 3.73. The summed E-state index contributed by atoms with van der Waals surface area (Å²) >= 11 is 6.46. The van der Waals surface area contributed by atoms with Crippen LogP contribution in [-0.2, 0) is 12.5 Å². The lowest BCUT2D eigenvalue weighted by Gasteiger charge is -2.52. The van der Waals surface area contributed by atoms with Crippen molar-refractivity contribution in [2.75, 3.05) is 7.11 Å². The maximum absolute atomic E-state index is 6.46. The van der Waals surface area contributed by atoms with Crippen LogP contribution in [-0.4, -0.2) is 21.9 Å². The largest absolute Gasteiger partial charge is 0.497 e. The molecule has 3 saturated carbocycles. The van der Waals surface area contributed by atoms with Crippen molar-refractivity contribution in [3.8, 4) is 17.1 Å². The van der Waals surface area contributed by atoms with Crippen LogP contribution >= 0.6 is 11.6 Å². The Bertz CT molecular complexity index is 774. The van der Waals surface area contributed by atoms with Crippen LogP contribution in [0.3, 0.4) is 0 Å². The molecule has 4 nitrogen and oxygen atoms in total. The summed E-state index contributed by atoms with van der Waals surface area (Å²) in [5.74, 6) is 2.74. The monoisotopic (exact) mass is 359 g/mol. The Morgan fingerprint density at radius 3 is 2.36 bits per heavy atom. The second-order valence-electron chi connectivity index (χ2n) is 7.89. The first-order valence-corrected chi connectivity index (χ1v) is 9.64. The minimum atomic E-state index is 0.204. The molecule has 0 atom stereocenters. The standard InChI is InChI=1S/C20H26ClN3O/c1-4-19-7-10-20(11-8-19,12-9-19)18-23-22-17(24(18)2)15-6-5-14(25-3)13-16(15)21/h5-6,13H,4,7-12H2,1-3H3. The van der Waals surface area contributed by atoms with Crippen molar-refractivity contribution < 1.29 is 4.74 Å². The maximum atomic E-state index is 6.46. The zero-order valence-electron chi connectivity index (χ0n) is 15.3. The number of aromatic nitrogens is 3. The molecule has 0 amide bonds. The van der Waals surface area contributed by atoms with Crippen LogP contribution < -0.4 is 4.74 Å². The van der Waals surface area contributed by atoms with Gasteiger partial charge in [0.2, 0.25) is 0 Å². The van der Waals surface area contributed by atoms with Crippen molar-refractivity contribution in [3.05, 3.63) is 29.0 Å². The number of hydrogen-bond acceptors (Lipinski definition) is 3. The van der Waals surface area contributed by atoms with Gasteiger partial charge in [-0.05, 0) is 62.1 Å². The Hall–Kier alpha value is -1.55. The van der Waals surface area contributed by atoms with E-state index in [2.05, 4.69) is 28.7 Å². The molecule has 0 unspecified atom stereocenters. The van der Waals surface area contributed by atoms with Crippen LogP contribution in [0.5, 0.6) is 5.75 Å². The van der Waals surface area contributed by atoms with E-state index in [1.54, 1.807) is 7.11 Å². The molecule has 5 heteroatoms.